The fourth-order valence-electron chi connectivity index (χ4n) is 2.14. The number of ether oxygens (including phenoxy) is 1. The molecule has 0 aliphatic carbocycles. The van der Waals surface area contributed by atoms with Crippen molar-refractivity contribution in [1.29, 1.82) is 0 Å². The Morgan fingerprint density at radius 2 is 2.20 bits per heavy atom. The summed E-state index contributed by atoms with van der Waals surface area (Å²) in [7, 11) is 3.24. The Balaban J connectivity index is 2.34. The monoisotopic (exact) mass is 282 g/mol. The number of hydrogen-bond acceptors (Lipinski definition) is 4. The van der Waals surface area contributed by atoms with Crippen LogP contribution in [-0.4, -0.2) is 16.9 Å². The maximum atomic E-state index is 13.7. The lowest BCUT2D eigenvalue weighted by Gasteiger charge is -2.18. The van der Waals surface area contributed by atoms with E-state index < -0.39 is 17.7 Å². The van der Waals surface area contributed by atoms with E-state index in [1.54, 1.807) is 17.9 Å². The summed E-state index contributed by atoms with van der Waals surface area (Å²) in [6.07, 6.45) is 1.72. The van der Waals surface area contributed by atoms with Crippen molar-refractivity contribution in [1.82, 2.24) is 15.2 Å². The van der Waals surface area contributed by atoms with Gasteiger partial charge in [0.25, 0.3) is 0 Å². The predicted molar refractivity (Wildman–Crippen MR) is 69.9 cm³/mol. The SMILES string of the molecule is COc1cnn(C)c1C(Cc1cccc(F)c1F)NN. The summed E-state index contributed by atoms with van der Waals surface area (Å²) < 4.78 is 33.7. The topological polar surface area (TPSA) is 65.1 Å². The van der Waals surface area contributed by atoms with Gasteiger partial charge in [-0.15, -0.1) is 0 Å². The van der Waals surface area contributed by atoms with Gasteiger partial charge in [0.1, 0.15) is 0 Å². The highest BCUT2D eigenvalue weighted by Gasteiger charge is 2.22. The second kappa shape index (κ2) is 5.98. The fraction of sp³-hybridized carbons (Fsp3) is 0.308. The third-order valence-electron chi connectivity index (χ3n) is 3.16. The number of rotatable bonds is 5. The van der Waals surface area contributed by atoms with Crippen LogP contribution in [0.3, 0.4) is 0 Å². The third-order valence-corrected chi connectivity index (χ3v) is 3.16. The average Bonchev–Trinajstić information content (AvgIpc) is 2.82. The first-order valence-corrected chi connectivity index (χ1v) is 6.03. The molecule has 0 aliphatic heterocycles. The molecular formula is C13H16F2N4O. The molecule has 0 amide bonds. The maximum absolute atomic E-state index is 13.7. The van der Waals surface area contributed by atoms with E-state index in [0.29, 0.717) is 11.4 Å². The summed E-state index contributed by atoms with van der Waals surface area (Å²) >= 11 is 0. The Hall–Kier alpha value is -1.99. The van der Waals surface area contributed by atoms with Crippen molar-refractivity contribution in [3.05, 3.63) is 47.3 Å². The van der Waals surface area contributed by atoms with Gasteiger partial charge >= 0.3 is 0 Å². The Morgan fingerprint density at radius 3 is 2.85 bits per heavy atom. The Bertz CT molecular complexity index is 600. The lowest BCUT2D eigenvalue weighted by molar-refractivity contribution is 0.392. The Kier molecular flexibility index (Phi) is 4.31. The molecule has 0 spiro atoms. The second-order valence-corrected chi connectivity index (χ2v) is 4.36. The van der Waals surface area contributed by atoms with Crippen LogP contribution in [0.25, 0.3) is 0 Å². The smallest absolute Gasteiger partial charge is 0.162 e. The highest BCUT2D eigenvalue weighted by molar-refractivity contribution is 5.30. The van der Waals surface area contributed by atoms with E-state index in [-0.39, 0.29) is 12.0 Å². The number of nitrogens with two attached hydrogens (primary N) is 1. The van der Waals surface area contributed by atoms with Crippen molar-refractivity contribution in [3.8, 4) is 5.75 Å². The lowest BCUT2D eigenvalue weighted by Crippen LogP contribution is -2.31. The van der Waals surface area contributed by atoms with Crippen LogP contribution in [-0.2, 0) is 13.5 Å². The molecule has 0 fully saturated rings. The number of hydrazine groups is 1. The summed E-state index contributed by atoms with van der Waals surface area (Å²) in [5, 5.41) is 4.07. The molecule has 1 aromatic heterocycles. The molecule has 1 unspecified atom stereocenters. The number of aromatic nitrogens is 2. The van der Waals surface area contributed by atoms with E-state index in [0.717, 1.165) is 6.07 Å². The molecule has 2 rings (SSSR count). The van der Waals surface area contributed by atoms with Crippen LogP contribution in [0.5, 0.6) is 5.75 Å². The summed E-state index contributed by atoms with van der Waals surface area (Å²) in [6.45, 7) is 0. The number of nitrogens with one attached hydrogen (secondary N) is 1. The van der Waals surface area contributed by atoms with Crippen molar-refractivity contribution in [2.45, 2.75) is 12.5 Å². The van der Waals surface area contributed by atoms with Crippen LogP contribution >= 0.6 is 0 Å². The fourth-order valence-corrected chi connectivity index (χ4v) is 2.14. The van der Waals surface area contributed by atoms with Gasteiger partial charge in [0.15, 0.2) is 17.4 Å². The van der Waals surface area contributed by atoms with Gasteiger partial charge in [0, 0.05) is 7.05 Å². The minimum Gasteiger partial charge on any atom is -0.493 e. The quantitative estimate of drug-likeness (QED) is 0.643. The zero-order chi connectivity index (χ0) is 14.7. The molecular weight excluding hydrogens is 266 g/mol. The van der Waals surface area contributed by atoms with Gasteiger partial charge in [-0.1, -0.05) is 12.1 Å². The van der Waals surface area contributed by atoms with E-state index in [1.165, 1.54) is 19.2 Å². The molecule has 1 heterocycles. The minimum absolute atomic E-state index is 0.177. The highest BCUT2D eigenvalue weighted by Crippen LogP contribution is 2.27. The molecule has 20 heavy (non-hydrogen) atoms. The zero-order valence-electron chi connectivity index (χ0n) is 11.2. The number of benzene rings is 1. The van der Waals surface area contributed by atoms with Gasteiger partial charge < -0.3 is 4.74 Å². The van der Waals surface area contributed by atoms with Gasteiger partial charge in [-0.25, -0.2) is 8.78 Å². The number of nitrogens with zero attached hydrogens (tertiary/aromatic N) is 2. The normalized spacial score (nSPS) is 12.4. The molecule has 2 aromatic rings. The van der Waals surface area contributed by atoms with Gasteiger partial charge in [-0.3, -0.25) is 16.0 Å². The van der Waals surface area contributed by atoms with Gasteiger partial charge in [-0.05, 0) is 18.1 Å². The Morgan fingerprint density at radius 1 is 1.45 bits per heavy atom. The Labute approximate surface area is 115 Å². The van der Waals surface area contributed by atoms with E-state index in [4.69, 9.17) is 10.6 Å². The molecule has 108 valence electrons. The van der Waals surface area contributed by atoms with Crippen molar-refractivity contribution in [2.75, 3.05) is 7.11 Å². The number of hydrogen-bond donors (Lipinski definition) is 2. The molecule has 1 aromatic carbocycles. The molecule has 1 atom stereocenters. The van der Waals surface area contributed by atoms with E-state index >= 15 is 0 Å². The van der Waals surface area contributed by atoms with Crippen molar-refractivity contribution in [2.24, 2.45) is 12.9 Å². The first-order chi connectivity index (χ1) is 9.58. The van der Waals surface area contributed by atoms with Crippen LogP contribution in [0, 0.1) is 11.6 Å². The molecule has 7 heteroatoms. The van der Waals surface area contributed by atoms with Gasteiger partial charge in [0.05, 0.1) is 25.0 Å². The average molecular weight is 282 g/mol. The molecule has 0 aliphatic rings. The highest BCUT2D eigenvalue weighted by atomic mass is 19.2. The first kappa shape index (κ1) is 14.4. The van der Waals surface area contributed by atoms with Crippen LogP contribution in [0.2, 0.25) is 0 Å². The van der Waals surface area contributed by atoms with Crippen molar-refractivity contribution >= 4 is 0 Å². The number of methoxy groups -OCH3 is 1. The predicted octanol–water partition coefficient (Wildman–Crippen LogP) is 1.45. The number of halogens is 2. The van der Waals surface area contributed by atoms with Crippen LogP contribution in [0.15, 0.2) is 24.4 Å². The van der Waals surface area contributed by atoms with Gasteiger partial charge in [0.2, 0.25) is 0 Å². The largest absolute Gasteiger partial charge is 0.493 e. The summed E-state index contributed by atoms with van der Waals surface area (Å²) in [4.78, 5) is 0. The minimum atomic E-state index is -0.879. The van der Waals surface area contributed by atoms with Gasteiger partial charge in [-0.2, -0.15) is 5.10 Å². The van der Waals surface area contributed by atoms with Crippen LogP contribution < -0.4 is 16.0 Å². The summed E-state index contributed by atoms with van der Waals surface area (Å²) in [6, 6.07) is 3.61. The lowest BCUT2D eigenvalue weighted by atomic mass is 10.0. The van der Waals surface area contributed by atoms with E-state index in [2.05, 4.69) is 10.5 Å². The molecule has 5 nitrogen and oxygen atoms in total. The molecule has 0 bridgehead atoms. The van der Waals surface area contributed by atoms with E-state index in [9.17, 15) is 8.78 Å². The zero-order valence-corrected chi connectivity index (χ0v) is 11.2. The first-order valence-electron chi connectivity index (χ1n) is 6.03. The van der Waals surface area contributed by atoms with Crippen LogP contribution in [0.1, 0.15) is 17.3 Å². The third kappa shape index (κ3) is 2.63. The molecule has 0 saturated heterocycles. The molecule has 3 N–H and O–H groups in total. The standard InChI is InChI=1S/C13H16F2N4O/c1-19-13(11(20-2)7-17-19)10(18-16)6-8-4-3-5-9(14)12(8)15/h3-5,7,10,18H,6,16H2,1-2H3. The van der Waals surface area contributed by atoms with E-state index in [1.807, 2.05) is 0 Å². The second-order valence-electron chi connectivity index (χ2n) is 4.36. The summed E-state index contributed by atoms with van der Waals surface area (Å²) in [5.41, 5.74) is 3.48. The molecule has 0 saturated carbocycles. The molecule has 0 radical (unpaired) electrons. The van der Waals surface area contributed by atoms with Crippen molar-refractivity contribution < 1.29 is 13.5 Å². The number of aryl methyl sites for hydroxylation is 1. The van der Waals surface area contributed by atoms with Crippen molar-refractivity contribution in [3.63, 3.8) is 0 Å². The maximum Gasteiger partial charge on any atom is 0.162 e. The summed E-state index contributed by atoms with van der Waals surface area (Å²) in [5.74, 6) is 4.32. The van der Waals surface area contributed by atoms with Crippen LogP contribution in [0.4, 0.5) is 8.78 Å².